The number of carbonyl (C=O) groups is 2. The minimum atomic E-state index is -0.438. The van der Waals surface area contributed by atoms with Gasteiger partial charge in [-0.25, -0.2) is 0 Å². The lowest BCUT2D eigenvalue weighted by Crippen LogP contribution is -2.23. The molecular formula is C20H18O4. The van der Waals surface area contributed by atoms with Crippen LogP contribution in [0.25, 0.3) is 0 Å². The first-order chi connectivity index (χ1) is 11.3. The number of aromatic hydroxyl groups is 2. The fourth-order valence-corrected chi connectivity index (χ4v) is 3.07. The summed E-state index contributed by atoms with van der Waals surface area (Å²) in [6.45, 7) is 5.83. The molecule has 0 bridgehead atoms. The summed E-state index contributed by atoms with van der Waals surface area (Å²) in [5.41, 5.74) is 3.17. The number of phenolic OH excluding ortho intramolecular Hbond substituents is 2. The molecule has 4 nitrogen and oxygen atoms in total. The molecule has 0 saturated heterocycles. The maximum absolute atomic E-state index is 13.0. The molecule has 0 heterocycles. The summed E-state index contributed by atoms with van der Waals surface area (Å²) in [5, 5.41) is 20.1. The van der Waals surface area contributed by atoms with Gasteiger partial charge in [-0.15, -0.1) is 0 Å². The summed E-state index contributed by atoms with van der Waals surface area (Å²) < 4.78 is 0. The second-order valence-corrected chi connectivity index (χ2v) is 6.28. The smallest absolute Gasteiger partial charge is 0.198 e. The Morgan fingerprint density at radius 2 is 1.50 bits per heavy atom. The van der Waals surface area contributed by atoms with Crippen LogP contribution in [0.2, 0.25) is 0 Å². The van der Waals surface area contributed by atoms with Crippen molar-refractivity contribution < 1.29 is 19.8 Å². The number of fused-ring (bicyclic) bond motifs is 2. The molecule has 0 atom stereocenters. The standard InChI is InChI=1S/C20H18O4/c1-10(2)4-6-12-11(3)5-7-13-16(12)20(24)18-15(22)9-8-14(21)17(18)19(13)23/h4-5,7-9,21-22H,6H2,1-3H3. The molecule has 0 unspecified atom stereocenters. The molecule has 0 radical (unpaired) electrons. The third-order valence-corrected chi connectivity index (χ3v) is 4.35. The van der Waals surface area contributed by atoms with Gasteiger partial charge in [0.2, 0.25) is 0 Å². The molecule has 0 saturated carbocycles. The molecule has 1 aliphatic carbocycles. The first kappa shape index (κ1) is 16.0. The van der Waals surface area contributed by atoms with Crippen molar-refractivity contribution in [2.24, 2.45) is 0 Å². The second kappa shape index (κ2) is 5.64. The normalized spacial score (nSPS) is 12.6. The largest absolute Gasteiger partial charge is 0.507 e. The van der Waals surface area contributed by atoms with E-state index < -0.39 is 11.6 Å². The molecule has 1 aliphatic rings. The van der Waals surface area contributed by atoms with Gasteiger partial charge in [0.25, 0.3) is 0 Å². The van der Waals surface area contributed by atoms with Crippen molar-refractivity contribution in [2.45, 2.75) is 27.2 Å². The Hall–Kier alpha value is -2.88. The molecule has 0 fully saturated rings. The molecular weight excluding hydrogens is 304 g/mol. The fourth-order valence-electron chi connectivity index (χ4n) is 3.07. The highest BCUT2D eigenvalue weighted by Crippen LogP contribution is 2.39. The summed E-state index contributed by atoms with van der Waals surface area (Å²) in [6, 6.07) is 5.88. The van der Waals surface area contributed by atoms with E-state index in [9.17, 15) is 19.8 Å². The van der Waals surface area contributed by atoms with Gasteiger partial charge in [0.1, 0.15) is 11.5 Å². The van der Waals surface area contributed by atoms with Crippen LogP contribution in [-0.4, -0.2) is 21.8 Å². The average molecular weight is 322 g/mol. The Balaban J connectivity index is 2.31. The van der Waals surface area contributed by atoms with E-state index in [2.05, 4.69) is 0 Å². The van der Waals surface area contributed by atoms with Crippen LogP contribution in [0, 0.1) is 6.92 Å². The molecule has 0 aliphatic heterocycles. The Morgan fingerprint density at radius 3 is 2.08 bits per heavy atom. The number of phenols is 2. The lowest BCUT2D eigenvalue weighted by molar-refractivity contribution is 0.0973. The van der Waals surface area contributed by atoms with E-state index in [1.165, 1.54) is 12.1 Å². The second-order valence-electron chi connectivity index (χ2n) is 6.28. The molecule has 2 N–H and O–H groups in total. The van der Waals surface area contributed by atoms with Crippen molar-refractivity contribution in [2.75, 3.05) is 0 Å². The van der Waals surface area contributed by atoms with E-state index in [1.807, 2.05) is 32.9 Å². The number of benzene rings is 2. The van der Waals surface area contributed by atoms with E-state index >= 15 is 0 Å². The summed E-state index contributed by atoms with van der Waals surface area (Å²) in [6.07, 6.45) is 2.53. The Bertz CT molecular complexity index is 916. The van der Waals surface area contributed by atoms with Crippen LogP contribution in [0.15, 0.2) is 35.9 Å². The zero-order chi connectivity index (χ0) is 17.6. The van der Waals surface area contributed by atoms with Crippen molar-refractivity contribution in [1.29, 1.82) is 0 Å². The molecule has 3 rings (SSSR count). The number of allylic oxidation sites excluding steroid dienone is 2. The first-order valence-electron chi connectivity index (χ1n) is 7.73. The number of aryl methyl sites for hydroxylation is 1. The summed E-state index contributed by atoms with van der Waals surface area (Å²) in [4.78, 5) is 25.8. The van der Waals surface area contributed by atoms with Crippen molar-refractivity contribution in [3.8, 4) is 11.5 Å². The first-order valence-corrected chi connectivity index (χ1v) is 7.73. The number of ketones is 2. The average Bonchev–Trinajstić information content (AvgIpc) is 2.53. The van der Waals surface area contributed by atoms with Crippen LogP contribution in [0.5, 0.6) is 11.5 Å². The van der Waals surface area contributed by atoms with E-state index in [1.54, 1.807) is 6.07 Å². The highest BCUT2D eigenvalue weighted by atomic mass is 16.3. The predicted octanol–water partition coefficient (Wildman–Crippen LogP) is 3.69. The molecule has 0 amide bonds. The van der Waals surface area contributed by atoms with Crippen LogP contribution in [0.1, 0.15) is 56.8 Å². The van der Waals surface area contributed by atoms with Crippen LogP contribution < -0.4 is 0 Å². The summed E-state index contributed by atoms with van der Waals surface area (Å²) in [5.74, 6) is -1.44. The van der Waals surface area contributed by atoms with E-state index in [-0.39, 0.29) is 28.2 Å². The monoisotopic (exact) mass is 322 g/mol. The van der Waals surface area contributed by atoms with Gasteiger partial charge in [0.15, 0.2) is 11.6 Å². The summed E-state index contributed by atoms with van der Waals surface area (Å²) >= 11 is 0. The van der Waals surface area contributed by atoms with Gasteiger partial charge in [0.05, 0.1) is 11.1 Å². The zero-order valence-corrected chi connectivity index (χ0v) is 13.8. The summed E-state index contributed by atoms with van der Waals surface area (Å²) in [7, 11) is 0. The van der Waals surface area contributed by atoms with E-state index in [0.717, 1.165) is 16.7 Å². The zero-order valence-electron chi connectivity index (χ0n) is 13.8. The topological polar surface area (TPSA) is 74.6 Å². The maximum atomic E-state index is 13.0. The van der Waals surface area contributed by atoms with Gasteiger partial charge in [-0.1, -0.05) is 23.8 Å². The number of carbonyl (C=O) groups excluding carboxylic acids is 2. The van der Waals surface area contributed by atoms with Crippen molar-refractivity contribution in [3.05, 3.63) is 69.3 Å². The Labute approximate surface area is 140 Å². The van der Waals surface area contributed by atoms with Crippen LogP contribution in [0.3, 0.4) is 0 Å². The van der Waals surface area contributed by atoms with Crippen molar-refractivity contribution in [3.63, 3.8) is 0 Å². The number of hydrogen-bond donors (Lipinski definition) is 2. The van der Waals surface area contributed by atoms with E-state index in [0.29, 0.717) is 12.0 Å². The maximum Gasteiger partial charge on any atom is 0.198 e. The minimum Gasteiger partial charge on any atom is -0.507 e. The highest BCUT2D eigenvalue weighted by Gasteiger charge is 2.36. The molecule has 2 aromatic rings. The minimum absolute atomic E-state index is 0.114. The quantitative estimate of drug-likeness (QED) is 0.557. The van der Waals surface area contributed by atoms with Gasteiger partial charge >= 0.3 is 0 Å². The predicted molar refractivity (Wildman–Crippen MR) is 91.0 cm³/mol. The third kappa shape index (κ3) is 2.31. The van der Waals surface area contributed by atoms with Crippen molar-refractivity contribution >= 4 is 11.6 Å². The van der Waals surface area contributed by atoms with E-state index in [4.69, 9.17) is 0 Å². The number of rotatable bonds is 2. The lowest BCUT2D eigenvalue weighted by atomic mass is 9.79. The molecule has 122 valence electrons. The molecule has 4 heteroatoms. The van der Waals surface area contributed by atoms with Gasteiger partial charge < -0.3 is 10.2 Å². The lowest BCUT2D eigenvalue weighted by Gasteiger charge is -2.22. The van der Waals surface area contributed by atoms with Gasteiger partial charge in [0, 0.05) is 11.1 Å². The fraction of sp³-hybridized carbons (Fsp3) is 0.200. The highest BCUT2D eigenvalue weighted by molar-refractivity contribution is 6.30. The Morgan fingerprint density at radius 1 is 0.917 bits per heavy atom. The molecule has 0 aromatic heterocycles. The van der Waals surface area contributed by atoms with Crippen LogP contribution in [-0.2, 0) is 6.42 Å². The van der Waals surface area contributed by atoms with Crippen LogP contribution in [0.4, 0.5) is 0 Å². The van der Waals surface area contributed by atoms with Gasteiger partial charge in [-0.2, -0.15) is 0 Å². The Kier molecular flexibility index (Phi) is 3.76. The third-order valence-electron chi connectivity index (χ3n) is 4.35. The van der Waals surface area contributed by atoms with Gasteiger partial charge in [-0.05, 0) is 50.5 Å². The SMILES string of the molecule is CC(C)=CCc1c(C)ccc2c1C(=O)c1c(O)ccc(O)c1C2=O. The van der Waals surface area contributed by atoms with Crippen molar-refractivity contribution in [1.82, 2.24) is 0 Å². The number of hydrogen-bond acceptors (Lipinski definition) is 4. The van der Waals surface area contributed by atoms with Crippen LogP contribution >= 0.6 is 0 Å². The molecule has 0 spiro atoms. The molecule has 2 aromatic carbocycles. The molecule has 24 heavy (non-hydrogen) atoms. The van der Waals surface area contributed by atoms with Gasteiger partial charge in [-0.3, -0.25) is 9.59 Å².